The Bertz CT molecular complexity index is 586. The SMILES string of the molecule is Cc1nc(C(=O)N(C)c2ccccc2C)c(C)[nH]1. The van der Waals surface area contributed by atoms with E-state index in [0.29, 0.717) is 5.69 Å². The second-order valence-electron chi connectivity index (χ2n) is 4.45. The summed E-state index contributed by atoms with van der Waals surface area (Å²) in [6, 6.07) is 7.81. The molecule has 0 atom stereocenters. The van der Waals surface area contributed by atoms with Gasteiger partial charge in [0.15, 0.2) is 0 Å². The molecule has 0 aliphatic carbocycles. The van der Waals surface area contributed by atoms with Gasteiger partial charge < -0.3 is 9.88 Å². The second kappa shape index (κ2) is 4.64. The number of imidazole rings is 1. The Kier molecular flexibility index (Phi) is 3.19. The monoisotopic (exact) mass is 243 g/mol. The van der Waals surface area contributed by atoms with Gasteiger partial charge in [-0.15, -0.1) is 0 Å². The zero-order valence-electron chi connectivity index (χ0n) is 11.1. The third kappa shape index (κ3) is 2.14. The molecule has 94 valence electrons. The Labute approximate surface area is 107 Å². The first-order chi connectivity index (χ1) is 8.50. The predicted octanol–water partition coefficient (Wildman–Crippen LogP) is 2.61. The first-order valence-electron chi connectivity index (χ1n) is 5.87. The summed E-state index contributed by atoms with van der Waals surface area (Å²) in [4.78, 5) is 21.3. The summed E-state index contributed by atoms with van der Waals surface area (Å²) in [5.41, 5.74) is 3.26. The lowest BCUT2D eigenvalue weighted by atomic mass is 10.2. The van der Waals surface area contributed by atoms with Gasteiger partial charge in [-0.2, -0.15) is 0 Å². The molecule has 18 heavy (non-hydrogen) atoms. The summed E-state index contributed by atoms with van der Waals surface area (Å²) >= 11 is 0. The molecule has 1 aromatic carbocycles. The van der Waals surface area contributed by atoms with Gasteiger partial charge in [-0.3, -0.25) is 4.79 Å². The van der Waals surface area contributed by atoms with Crippen molar-refractivity contribution < 1.29 is 4.79 Å². The topological polar surface area (TPSA) is 49.0 Å². The molecular weight excluding hydrogens is 226 g/mol. The van der Waals surface area contributed by atoms with Crippen LogP contribution in [-0.4, -0.2) is 22.9 Å². The normalized spacial score (nSPS) is 10.4. The molecule has 4 heteroatoms. The molecule has 0 saturated heterocycles. The van der Waals surface area contributed by atoms with Crippen LogP contribution in [0.2, 0.25) is 0 Å². The van der Waals surface area contributed by atoms with E-state index in [0.717, 1.165) is 22.8 Å². The molecule has 2 rings (SSSR count). The number of aromatic amines is 1. The van der Waals surface area contributed by atoms with Crippen LogP contribution in [0.3, 0.4) is 0 Å². The van der Waals surface area contributed by atoms with Gasteiger partial charge in [0.05, 0.1) is 0 Å². The smallest absolute Gasteiger partial charge is 0.278 e. The van der Waals surface area contributed by atoms with E-state index in [1.54, 1.807) is 11.9 Å². The van der Waals surface area contributed by atoms with Crippen LogP contribution in [0.5, 0.6) is 0 Å². The molecule has 4 nitrogen and oxygen atoms in total. The number of para-hydroxylation sites is 1. The van der Waals surface area contributed by atoms with Gasteiger partial charge in [0.1, 0.15) is 11.5 Å². The number of H-pyrrole nitrogens is 1. The third-order valence-corrected chi connectivity index (χ3v) is 2.99. The maximum absolute atomic E-state index is 12.4. The average molecular weight is 243 g/mol. The highest BCUT2D eigenvalue weighted by atomic mass is 16.2. The van der Waals surface area contributed by atoms with Crippen molar-refractivity contribution in [3.63, 3.8) is 0 Å². The van der Waals surface area contributed by atoms with Gasteiger partial charge in [-0.05, 0) is 32.4 Å². The second-order valence-corrected chi connectivity index (χ2v) is 4.45. The van der Waals surface area contributed by atoms with Crippen molar-refractivity contribution in [1.82, 2.24) is 9.97 Å². The quantitative estimate of drug-likeness (QED) is 0.881. The van der Waals surface area contributed by atoms with Crippen molar-refractivity contribution in [2.24, 2.45) is 0 Å². The molecule has 1 amide bonds. The molecule has 1 aromatic heterocycles. The van der Waals surface area contributed by atoms with Crippen LogP contribution in [0.15, 0.2) is 24.3 Å². The maximum Gasteiger partial charge on any atom is 0.278 e. The molecule has 0 saturated carbocycles. The van der Waals surface area contributed by atoms with Gasteiger partial charge in [-0.1, -0.05) is 18.2 Å². The zero-order valence-corrected chi connectivity index (χ0v) is 11.1. The highest BCUT2D eigenvalue weighted by molar-refractivity contribution is 6.05. The van der Waals surface area contributed by atoms with Crippen molar-refractivity contribution >= 4 is 11.6 Å². The number of hydrogen-bond acceptors (Lipinski definition) is 2. The summed E-state index contributed by atoms with van der Waals surface area (Å²) in [6.07, 6.45) is 0. The third-order valence-electron chi connectivity index (χ3n) is 2.99. The fourth-order valence-electron chi connectivity index (χ4n) is 2.03. The van der Waals surface area contributed by atoms with Crippen LogP contribution in [0.1, 0.15) is 27.6 Å². The Morgan fingerprint density at radius 1 is 1.22 bits per heavy atom. The minimum atomic E-state index is -0.0915. The van der Waals surface area contributed by atoms with E-state index in [9.17, 15) is 4.79 Å². The lowest BCUT2D eigenvalue weighted by Crippen LogP contribution is -2.27. The fourth-order valence-corrected chi connectivity index (χ4v) is 2.03. The molecule has 0 radical (unpaired) electrons. The Hall–Kier alpha value is -2.10. The van der Waals surface area contributed by atoms with E-state index in [1.165, 1.54) is 0 Å². The first-order valence-corrected chi connectivity index (χ1v) is 5.87. The summed E-state index contributed by atoms with van der Waals surface area (Å²) in [7, 11) is 1.77. The summed E-state index contributed by atoms with van der Waals surface area (Å²) in [6.45, 7) is 5.69. The van der Waals surface area contributed by atoms with Crippen LogP contribution in [0.4, 0.5) is 5.69 Å². The molecule has 1 N–H and O–H groups in total. The number of nitrogens with zero attached hydrogens (tertiary/aromatic N) is 2. The largest absolute Gasteiger partial charge is 0.346 e. The predicted molar refractivity (Wildman–Crippen MR) is 72.0 cm³/mol. The Morgan fingerprint density at radius 3 is 2.44 bits per heavy atom. The minimum absolute atomic E-state index is 0.0915. The fraction of sp³-hybridized carbons (Fsp3) is 0.286. The number of hydrogen-bond donors (Lipinski definition) is 1. The number of nitrogens with one attached hydrogen (secondary N) is 1. The number of carbonyl (C=O) groups excluding carboxylic acids is 1. The van der Waals surface area contributed by atoms with Crippen LogP contribution in [-0.2, 0) is 0 Å². The lowest BCUT2D eigenvalue weighted by molar-refractivity contribution is 0.0988. The molecule has 0 bridgehead atoms. The van der Waals surface area contributed by atoms with Gasteiger partial charge in [0.25, 0.3) is 5.91 Å². The zero-order chi connectivity index (χ0) is 13.3. The standard InChI is InChI=1S/C14H17N3O/c1-9-7-5-6-8-12(9)17(4)14(18)13-10(2)15-11(3)16-13/h5-8H,1-4H3,(H,15,16). The van der Waals surface area contributed by atoms with Crippen molar-refractivity contribution in [3.8, 4) is 0 Å². The molecule has 1 heterocycles. The van der Waals surface area contributed by atoms with Gasteiger partial charge in [0, 0.05) is 18.4 Å². The van der Waals surface area contributed by atoms with E-state index >= 15 is 0 Å². The van der Waals surface area contributed by atoms with E-state index in [2.05, 4.69) is 9.97 Å². The number of anilines is 1. The number of aryl methyl sites for hydroxylation is 3. The van der Waals surface area contributed by atoms with Gasteiger partial charge in [0.2, 0.25) is 0 Å². The Balaban J connectivity index is 2.35. The highest BCUT2D eigenvalue weighted by Gasteiger charge is 2.19. The van der Waals surface area contributed by atoms with E-state index in [1.807, 2.05) is 45.0 Å². The number of benzene rings is 1. The number of carbonyl (C=O) groups is 1. The number of rotatable bonds is 2. The summed E-state index contributed by atoms with van der Waals surface area (Å²) in [5, 5.41) is 0. The minimum Gasteiger partial charge on any atom is -0.346 e. The molecule has 0 aliphatic heterocycles. The molecular formula is C14H17N3O. The Morgan fingerprint density at radius 2 is 1.89 bits per heavy atom. The molecule has 0 aliphatic rings. The van der Waals surface area contributed by atoms with E-state index < -0.39 is 0 Å². The van der Waals surface area contributed by atoms with Crippen molar-refractivity contribution in [1.29, 1.82) is 0 Å². The molecule has 0 spiro atoms. The van der Waals surface area contributed by atoms with Crippen LogP contribution >= 0.6 is 0 Å². The van der Waals surface area contributed by atoms with Crippen LogP contribution < -0.4 is 4.90 Å². The van der Waals surface area contributed by atoms with Crippen molar-refractivity contribution in [2.75, 3.05) is 11.9 Å². The average Bonchev–Trinajstić information content (AvgIpc) is 2.67. The summed E-state index contributed by atoms with van der Waals surface area (Å²) in [5.74, 6) is 0.667. The molecule has 0 fully saturated rings. The van der Waals surface area contributed by atoms with Crippen molar-refractivity contribution in [3.05, 3.63) is 47.0 Å². The molecule has 2 aromatic rings. The van der Waals surface area contributed by atoms with E-state index in [4.69, 9.17) is 0 Å². The maximum atomic E-state index is 12.4. The lowest BCUT2D eigenvalue weighted by Gasteiger charge is -2.18. The van der Waals surface area contributed by atoms with Crippen LogP contribution in [0.25, 0.3) is 0 Å². The van der Waals surface area contributed by atoms with Crippen LogP contribution in [0, 0.1) is 20.8 Å². The number of amides is 1. The van der Waals surface area contributed by atoms with Gasteiger partial charge >= 0.3 is 0 Å². The highest BCUT2D eigenvalue weighted by Crippen LogP contribution is 2.20. The molecule has 0 unspecified atom stereocenters. The van der Waals surface area contributed by atoms with Gasteiger partial charge in [-0.25, -0.2) is 4.98 Å². The van der Waals surface area contributed by atoms with Crippen molar-refractivity contribution in [2.45, 2.75) is 20.8 Å². The number of aromatic nitrogens is 2. The summed E-state index contributed by atoms with van der Waals surface area (Å²) < 4.78 is 0. The first kappa shape index (κ1) is 12.4. The van der Waals surface area contributed by atoms with E-state index in [-0.39, 0.29) is 5.91 Å².